The van der Waals surface area contributed by atoms with Gasteiger partial charge in [-0.2, -0.15) is 0 Å². The Labute approximate surface area is 160 Å². The molecule has 25 heavy (non-hydrogen) atoms. The van der Waals surface area contributed by atoms with E-state index in [0.717, 1.165) is 30.1 Å². The fourth-order valence-electron chi connectivity index (χ4n) is 6.28. The van der Waals surface area contributed by atoms with Crippen LogP contribution in [0.5, 0.6) is 0 Å². The van der Waals surface area contributed by atoms with Crippen molar-refractivity contribution in [1.29, 1.82) is 0 Å². The fraction of sp³-hybridized carbons (Fsp3) is 0.652. The van der Waals surface area contributed by atoms with Crippen LogP contribution in [0.4, 0.5) is 0 Å². The maximum Gasteiger partial charge on any atom is 0.0870 e. The predicted molar refractivity (Wildman–Crippen MR) is 111 cm³/mol. The first-order valence-electron chi connectivity index (χ1n) is 10.2. The van der Waals surface area contributed by atoms with Crippen molar-refractivity contribution in [2.75, 3.05) is 0 Å². The van der Waals surface area contributed by atoms with Gasteiger partial charge in [0.05, 0.1) is 7.85 Å². The summed E-state index contributed by atoms with van der Waals surface area (Å²) < 4.78 is 0. The van der Waals surface area contributed by atoms with E-state index in [2.05, 4.69) is 45.5 Å². The van der Waals surface area contributed by atoms with Crippen molar-refractivity contribution in [3.8, 4) is 0 Å². The summed E-state index contributed by atoms with van der Waals surface area (Å²) in [5, 5.41) is -0.213. The van der Waals surface area contributed by atoms with Crippen molar-refractivity contribution < 1.29 is 0 Å². The van der Waals surface area contributed by atoms with Gasteiger partial charge in [-0.15, -0.1) is 12.6 Å². The molecule has 0 aliphatic heterocycles. The van der Waals surface area contributed by atoms with Crippen LogP contribution in [0, 0.1) is 18.3 Å². The van der Waals surface area contributed by atoms with Crippen LogP contribution < -0.4 is 0 Å². The Bertz CT molecular complexity index is 734. The second kappa shape index (κ2) is 6.22. The summed E-state index contributed by atoms with van der Waals surface area (Å²) in [4.78, 5) is 1.11. The van der Waals surface area contributed by atoms with Crippen LogP contribution >= 0.6 is 12.6 Å². The summed E-state index contributed by atoms with van der Waals surface area (Å²) in [6.07, 6.45) is 11.4. The van der Waals surface area contributed by atoms with Crippen molar-refractivity contribution in [2.24, 2.45) is 11.3 Å². The lowest BCUT2D eigenvalue weighted by Gasteiger charge is -2.50. The summed E-state index contributed by atoms with van der Waals surface area (Å²) in [6, 6.07) is 4.44. The number of unbranched alkanes of at least 4 members (excludes halogenated alkanes) is 1. The van der Waals surface area contributed by atoms with Crippen molar-refractivity contribution >= 4 is 20.5 Å². The van der Waals surface area contributed by atoms with E-state index in [1.165, 1.54) is 55.2 Å². The van der Waals surface area contributed by atoms with E-state index in [1.807, 2.05) is 0 Å². The maximum absolute atomic E-state index is 7.20. The number of hydrogen-bond acceptors (Lipinski definition) is 1. The molecular formula is C23H31BS. The summed E-state index contributed by atoms with van der Waals surface area (Å²) in [7, 11) is 7.20. The second-order valence-electron chi connectivity index (χ2n) is 9.06. The molecule has 0 aromatic heterocycles. The lowest BCUT2D eigenvalue weighted by Crippen LogP contribution is -2.42. The Morgan fingerprint density at radius 1 is 1.20 bits per heavy atom. The third-order valence-electron chi connectivity index (χ3n) is 7.52. The highest BCUT2D eigenvalue weighted by molar-refractivity contribution is 7.80. The predicted octanol–water partition coefficient (Wildman–Crippen LogP) is 6.29. The first-order chi connectivity index (χ1) is 11.9. The van der Waals surface area contributed by atoms with E-state index in [1.54, 1.807) is 11.1 Å². The van der Waals surface area contributed by atoms with Crippen molar-refractivity contribution in [3.05, 3.63) is 40.0 Å². The van der Waals surface area contributed by atoms with E-state index in [4.69, 9.17) is 7.85 Å². The maximum atomic E-state index is 7.20. The van der Waals surface area contributed by atoms with E-state index in [0.29, 0.717) is 5.41 Å². The van der Waals surface area contributed by atoms with Gasteiger partial charge in [0.25, 0.3) is 0 Å². The number of fused-ring (bicyclic) bond motifs is 4. The molecule has 0 amide bonds. The van der Waals surface area contributed by atoms with Gasteiger partial charge in [0.2, 0.25) is 0 Å². The zero-order valence-corrected chi connectivity index (χ0v) is 17.0. The first-order valence-corrected chi connectivity index (χ1v) is 10.7. The molecule has 132 valence electrons. The second-order valence-corrected chi connectivity index (χ2v) is 9.54. The molecule has 0 saturated heterocycles. The molecule has 2 radical (unpaired) electrons. The van der Waals surface area contributed by atoms with Crippen LogP contribution in [0.1, 0.15) is 81.9 Å². The minimum atomic E-state index is -0.213. The Balaban J connectivity index is 1.85. The molecule has 0 N–H and O–H groups in total. The standard InChI is InChI=1S/C23H31BS/c1-4-5-10-22-11-12-23(24)18-8-9-21(25)16(3)17(18)6-7-19(23)20(22)13-15(2)14-22/h8-9,15,25H,4-7,10-14H2,1-3H3/t15?,22-,23?/m0/s1. The zero-order chi connectivity index (χ0) is 17.8. The van der Waals surface area contributed by atoms with Crippen molar-refractivity contribution in [1.82, 2.24) is 0 Å². The minimum absolute atomic E-state index is 0.213. The van der Waals surface area contributed by atoms with Gasteiger partial charge in [0.15, 0.2) is 0 Å². The summed E-state index contributed by atoms with van der Waals surface area (Å²) in [5.41, 5.74) is 8.10. The summed E-state index contributed by atoms with van der Waals surface area (Å²) >= 11 is 4.65. The monoisotopic (exact) mass is 350 g/mol. The molecule has 3 atom stereocenters. The van der Waals surface area contributed by atoms with E-state index in [9.17, 15) is 0 Å². The molecule has 3 aliphatic rings. The van der Waals surface area contributed by atoms with Crippen LogP contribution in [0.3, 0.4) is 0 Å². The van der Waals surface area contributed by atoms with Crippen LogP contribution in [0.25, 0.3) is 0 Å². The SMILES string of the molecule is [B]C12CC[C@@]3(CCCC)CC(C)CC3=C1CCc1c2ccc(S)c1C. The molecule has 0 bridgehead atoms. The number of allylic oxidation sites excluding steroid dienone is 2. The van der Waals surface area contributed by atoms with Gasteiger partial charge in [-0.25, -0.2) is 0 Å². The van der Waals surface area contributed by atoms with Crippen molar-refractivity contribution in [2.45, 2.75) is 88.8 Å². The van der Waals surface area contributed by atoms with Crippen molar-refractivity contribution in [3.63, 3.8) is 0 Å². The lowest BCUT2D eigenvalue weighted by molar-refractivity contribution is 0.242. The summed E-state index contributed by atoms with van der Waals surface area (Å²) in [6.45, 7) is 6.99. The third-order valence-corrected chi connectivity index (χ3v) is 8.00. The number of rotatable bonds is 3. The molecule has 1 fully saturated rings. The van der Waals surface area contributed by atoms with Gasteiger partial charge in [0, 0.05) is 4.90 Å². The number of thiol groups is 1. The molecule has 2 unspecified atom stereocenters. The topological polar surface area (TPSA) is 0 Å². The Morgan fingerprint density at radius 3 is 2.76 bits per heavy atom. The van der Waals surface area contributed by atoms with Gasteiger partial charge in [-0.1, -0.05) is 43.9 Å². The Kier molecular flexibility index (Phi) is 4.42. The first kappa shape index (κ1) is 17.8. The molecule has 0 nitrogen and oxygen atoms in total. The molecule has 0 heterocycles. The van der Waals surface area contributed by atoms with Gasteiger partial charge in [-0.3, -0.25) is 0 Å². The molecular weight excluding hydrogens is 319 g/mol. The van der Waals surface area contributed by atoms with Gasteiger partial charge < -0.3 is 0 Å². The quantitative estimate of drug-likeness (QED) is 0.370. The molecule has 4 rings (SSSR count). The average Bonchev–Trinajstić information content (AvgIpc) is 2.92. The van der Waals surface area contributed by atoms with E-state index < -0.39 is 0 Å². The van der Waals surface area contributed by atoms with Crippen LogP contribution in [-0.4, -0.2) is 7.85 Å². The summed E-state index contributed by atoms with van der Waals surface area (Å²) in [5.74, 6) is 0.824. The van der Waals surface area contributed by atoms with Gasteiger partial charge >= 0.3 is 0 Å². The third kappa shape index (κ3) is 2.58. The molecule has 0 spiro atoms. The van der Waals surface area contributed by atoms with Crippen LogP contribution in [0.15, 0.2) is 28.2 Å². The molecule has 1 saturated carbocycles. The smallest absolute Gasteiger partial charge is 0.0870 e. The Morgan fingerprint density at radius 2 is 2.00 bits per heavy atom. The Hall–Kier alpha value is -0.625. The molecule has 1 aromatic carbocycles. The van der Waals surface area contributed by atoms with Gasteiger partial charge in [-0.05, 0) is 91.3 Å². The minimum Gasteiger partial charge on any atom is -0.143 e. The number of benzene rings is 1. The normalized spacial score (nSPS) is 33.8. The fourth-order valence-corrected chi connectivity index (χ4v) is 6.49. The van der Waals surface area contributed by atoms with Crippen LogP contribution in [0.2, 0.25) is 0 Å². The lowest BCUT2D eigenvalue weighted by atomic mass is 9.47. The van der Waals surface area contributed by atoms with Crippen LogP contribution in [-0.2, 0) is 11.7 Å². The highest BCUT2D eigenvalue weighted by atomic mass is 32.1. The highest BCUT2D eigenvalue weighted by Gasteiger charge is 2.51. The molecule has 3 aliphatic carbocycles. The average molecular weight is 350 g/mol. The van der Waals surface area contributed by atoms with E-state index in [-0.39, 0.29) is 5.31 Å². The molecule has 2 heteroatoms. The van der Waals surface area contributed by atoms with Gasteiger partial charge in [0.1, 0.15) is 0 Å². The highest BCUT2D eigenvalue weighted by Crippen LogP contribution is 2.62. The van der Waals surface area contributed by atoms with E-state index >= 15 is 0 Å². The molecule has 1 aromatic rings. The number of hydrogen-bond donors (Lipinski definition) is 1. The largest absolute Gasteiger partial charge is 0.143 e. The zero-order valence-electron chi connectivity index (χ0n) is 16.1.